The van der Waals surface area contributed by atoms with E-state index in [2.05, 4.69) is 10.5 Å². The number of oxime groups is 1. The Balaban J connectivity index is 1.78. The third-order valence-electron chi connectivity index (χ3n) is 5.02. The normalized spacial score (nSPS) is 20.4. The zero-order valence-electron chi connectivity index (χ0n) is 15.0. The standard InChI is InChI=1S/C18H23N4O4/c1-12-10-13(20-17(24)18(16(19)23)6-3-7-18)4-5-14(12)22-8-9-26-11-15(22)21-25-2/h4-5,10,19H,3,6-9,11H2,1-2H3,(H,20,24). The predicted molar refractivity (Wildman–Crippen MR) is 96.8 cm³/mol. The number of rotatable bonds is 5. The van der Waals surface area contributed by atoms with E-state index in [0.29, 0.717) is 44.1 Å². The molecule has 2 N–H and O–H groups in total. The Kier molecular flexibility index (Phi) is 5.13. The molecule has 2 amide bonds. The molecule has 1 aliphatic carbocycles. The van der Waals surface area contributed by atoms with Gasteiger partial charge in [0.25, 0.3) is 5.91 Å². The average Bonchev–Trinajstić information content (AvgIpc) is 2.55. The number of nitrogens with one attached hydrogen (secondary N) is 2. The Morgan fingerprint density at radius 2 is 2.15 bits per heavy atom. The lowest BCUT2D eigenvalue weighted by Crippen LogP contribution is -2.48. The van der Waals surface area contributed by atoms with E-state index in [4.69, 9.17) is 15.3 Å². The van der Waals surface area contributed by atoms with Crippen molar-refractivity contribution in [3.05, 3.63) is 23.8 Å². The summed E-state index contributed by atoms with van der Waals surface area (Å²) < 4.78 is 5.42. The molecule has 0 aromatic heterocycles. The second-order valence-corrected chi connectivity index (χ2v) is 6.61. The lowest BCUT2D eigenvalue weighted by molar-refractivity contribution is -0.144. The summed E-state index contributed by atoms with van der Waals surface area (Å²) in [7, 11) is 1.50. The maximum Gasteiger partial charge on any atom is 0.254 e. The molecule has 1 saturated carbocycles. The first-order chi connectivity index (χ1) is 12.5. The Labute approximate surface area is 152 Å². The van der Waals surface area contributed by atoms with Crippen molar-refractivity contribution in [2.24, 2.45) is 10.6 Å². The van der Waals surface area contributed by atoms with Crippen LogP contribution in [0.5, 0.6) is 0 Å². The average molecular weight is 359 g/mol. The van der Waals surface area contributed by atoms with Crippen molar-refractivity contribution in [1.82, 2.24) is 5.73 Å². The molecule has 0 bridgehead atoms. The van der Waals surface area contributed by atoms with Gasteiger partial charge >= 0.3 is 0 Å². The molecule has 1 saturated heterocycles. The molecule has 8 heteroatoms. The van der Waals surface area contributed by atoms with Crippen molar-refractivity contribution < 1.29 is 19.2 Å². The molecular formula is C18H23N4O4. The van der Waals surface area contributed by atoms with Crippen LogP contribution in [-0.4, -0.2) is 44.5 Å². The van der Waals surface area contributed by atoms with Gasteiger partial charge in [-0.3, -0.25) is 15.3 Å². The molecule has 8 nitrogen and oxygen atoms in total. The zero-order chi connectivity index (χ0) is 18.7. The molecule has 1 aromatic rings. The molecule has 2 aliphatic rings. The van der Waals surface area contributed by atoms with Crippen LogP contribution in [0.1, 0.15) is 24.8 Å². The van der Waals surface area contributed by atoms with Crippen LogP contribution in [0.4, 0.5) is 11.4 Å². The third kappa shape index (κ3) is 3.24. The first-order valence-electron chi connectivity index (χ1n) is 8.61. The van der Waals surface area contributed by atoms with Crippen molar-refractivity contribution in [2.75, 3.05) is 37.1 Å². The molecule has 1 radical (unpaired) electrons. The van der Waals surface area contributed by atoms with E-state index in [9.17, 15) is 9.59 Å². The maximum atomic E-state index is 12.5. The summed E-state index contributed by atoms with van der Waals surface area (Å²) in [5, 5.41) is 6.81. The zero-order valence-corrected chi connectivity index (χ0v) is 15.0. The number of amides is 2. The van der Waals surface area contributed by atoms with Crippen molar-refractivity contribution in [2.45, 2.75) is 26.2 Å². The van der Waals surface area contributed by atoms with Crippen LogP contribution >= 0.6 is 0 Å². The summed E-state index contributed by atoms with van der Waals surface area (Å²) in [4.78, 5) is 31.0. The highest BCUT2D eigenvalue weighted by Crippen LogP contribution is 2.42. The van der Waals surface area contributed by atoms with Gasteiger partial charge in [-0.15, -0.1) is 0 Å². The summed E-state index contributed by atoms with van der Waals surface area (Å²) >= 11 is 0. The van der Waals surface area contributed by atoms with E-state index < -0.39 is 11.3 Å². The van der Waals surface area contributed by atoms with Crippen LogP contribution in [0.15, 0.2) is 23.4 Å². The second kappa shape index (κ2) is 7.33. The van der Waals surface area contributed by atoms with E-state index >= 15 is 0 Å². The van der Waals surface area contributed by atoms with Crippen molar-refractivity contribution in [3.8, 4) is 0 Å². The second-order valence-electron chi connectivity index (χ2n) is 6.61. The number of carbonyl (C=O) groups is 2. The maximum absolute atomic E-state index is 12.5. The highest BCUT2D eigenvalue weighted by Gasteiger charge is 2.50. The number of hydrogen-bond acceptors (Lipinski definition) is 5. The van der Waals surface area contributed by atoms with E-state index in [-0.39, 0.29) is 5.91 Å². The van der Waals surface area contributed by atoms with Crippen molar-refractivity contribution in [3.63, 3.8) is 0 Å². The topological polar surface area (TPSA) is 104 Å². The molecule has 26 heavy (non-hydrogen) atoms. The molecule has 0 unspecified atom stereocenters. The summed E-state index contributed by atoms with van der Waals surface area (Å²) in [6.45, 7) is 3.57. The lowest BCUT2D eigenvalue weighted by Gasteiger charge is -2.36. The van der Waals surface area contributed by atoms with Gasteiger partial charge in [0.1, 0.15) is 19.1 Å². The van der Waals surface area contributed by atoms with Crippen LogP contribution < -0.4 is 16.0 Å². The molecule has 3 rings (SSSR count). The molecule has 2 fully saturated rings. The molecule has 139 valence electrons. The van der Waals surface area contributed by atoms with E-state index in [1.54, 1.807) is 6.07 Å². The minimum absolute atomic E-state index is 0.375. The smallest absolute Gasteiger partial charge is 0.254 e. The molecule has 0 spiro atoms. The number of hydrogen-bond donors (Lipinski definition) is 1. The number of ether oxygens (including phenoxy) is 1. The highest BCUT2D eigenvalue weighted by atomic mass is 16.6. The first kappa shape index (κ1) is 18.2. The van der Waals surface area contributed by atoms with Crippen LogP contribution in [-0.2, 0) is 19.2 Å². The summed E-state index contributed by atoms with van der Waals surface area (Å²) in [6, 6.07) is 5.55. The number of amidine groups is 1. The number of benzene rings is 1. The van der Waals surface area contributed by atoms with Crippen molar-refractivity contribution in [1.29, 1.82) is 0 Å². The quantitative estimate of drug-likeness (QED) is 0.637. The van der Waals surface area contributed by atoms with Crippen molar-refractivity contribution >= 4 is 29.0 Å². The lowest BCUT2D eigenvalue weighted by atomic mass is 9.67. The SMILES string of the molecule is CON=C1COCCN1c1ccc(NC(=O)C2(C([NH])=O)CCC2)cc1C. The number of nitrogens with zero attached hydrogens (tertiary/aromatic N) is 2. The monoisotopic (exact) mass is 359 g/mol. The Morgan fingerprint density at radius 1 is 1.38 bits per heavy atom. The molecule has 0 atom stereocenters. The fraction of sp³-hybridized carbons (Fsp3) is 0.500. The molecule has 1 aromatic carbocycles. The van der Waals surface area contributed by atoms with Crippen LogP contribution in [0.2, 0.25) is 0 Å². The van der Waals surface area contributed by atoms with Gasteiger partial charge in [-0.2, -0.15) is 0 Å². The minimum Gasteiger partial charge on any atom is -0.398 e. The number of anilines is 2. The Bertz CT molecular complexity index is 743. The van der Waals surface area contributed by atoms with Gasteiger partial charge in [-0.25, -0.2) is 0 Å². The van der Waals surface area contributed by atoms with Crippen LogP contribution in [0.25, 0.3) is 0 Å². The summed E-state index contributed by atoms with van der Waals surface area (Å²) in [5.41, 5.74) is 8.76. The third-order valence-corrected chi connectivity index (χ3v) is 5.02. The largest absolute Gasteiger partial charge is 0.398 e. The van der Waals surface area contributed by atoms with Gasteiger partial charge in [0, 0.05) is 17.9 Å². The minimum atomic E-state index is -1.17. The van der Waals surface area contributed by atoms with E-state index in [1.165, 1.54) is 7.11 Å². The van der Waals surface area contributed by atoms with Gasteiger partial charge in [0.2, 0.25) is 5.91 Å². The van der Waals surface area contributed by atoms with E-state index in [0.717, 1.165) is 17.7 Å². The number of aryl methyl sites for hydroxylation is 1. The van der Waals surface area contributed by atoms with Gasteiger partial charge in [-0.05, 0) is 43.5 Å². The Morgan fingerprint density at radius 3 is 2.73 bits per heavy atom. The van der Waals surface area contributed by atoms with Gasteiger partial charge < -0.3 is 19.8 Å². The summed E-state index contributed by atoms with van der Waals surface area (Å²) in [6.07, 6.45) is 1.69. The van der Waals surface area contributed by atoms with Crippen LogP contribution in [0, 0.1) is 12.3 Å². The highest BCUT2D eigenvalue weighted by molar-refractivity contribution is 6.10. The Hall–Kier alpha value is -2.61. The number of morpholine rings is 1. The molecule has 1 heterocycles. The predicted octanol–water partition coefficient (Wildman–Crippen LogP) is 1.71. The van der Waals surface area contributed by atoms with Gasteiger partial charge in [0.15, 0.2) is 5.84 Å². The fourth-order valence-corrected chi connectivity index (χ4v) is 3.34. The first-order valence-corrected chi connectivity index (χ1v) is 8.61. The van der Waals surface area contributed by atoms with E-state index in [1.807, 2.05) is 24.0 Å². The molecular weight excluding hydrogens is 336 g/mol. The van der Waals surface area contributed by atoms with Gasteiger partial charge in [-0.1, -0.05) is 11.6 Å². The fourth-order valence-electron chi connectivity index (χ4n) is 3.34. The number of carbonyl (C=O) groups excluding carboxylic acids is 2. The van der Waals surface area contributed by atoms with Gasteiger partial charge in [0.05, 0.1) is 6.61 Å². The molecule has 1 aliphatic heterocycles. The van der Waals surface area contributed by atoms with Crippen LogP contribution in [0.3, 0.4) is 0 Å². The summed E-state index contributed by atoms with van der Waals surface area (Å²) in [5.74, 6) is -0.501.